The number of likely N-dealkylation sites (tertiary alicyclic amines) is 1. The molecule has 2 atom stereocenters. The molecule has 1 fully saturated rings. The van der Waals surface area contributed by atoms with Crippen molar-refractivity contribution in [2.75, 3.05) is 26.8 Å². The van der Waals surface area contributed by atoms with Crippen molar-refractivity contribution in [2.45, 2.75) is 39.2 Å². The number of hydrogen-bond acceptors (Lipinski definition) is 7. The number of piperidine rings is 1. The summed E-state index contributed by atoms with van der Waals surface area (Å²) >= 11 is 0. The molecule has 2 aromatic rings. The average Bonchev–Trinajstić information content (AvgIpc) is 3.17. The molecule has 0 unspecified atom stereocenters. The van der Waals surface area contributed by atoms with E-state index in [2.05, 4.69) is 15.5 Å². The SMILES string of the molecule is CCOC(=O)[C@@H]1CCCN(C(=O)[C@H](Cc2cccc(OC)c2)n2nnnc2C)C1. The number of hydrogen-bond donors (Lipinski definition) is 0. The number of amides is 1. The number of tetrazole rings is 1. The van der Waals surface area contributed by atoms with Gasteiger partial charge in [0.25, 0.3) is 0 Å². The van der Waals surface area contributed by atoms with Crippen molar-refractivity contribution in [1.29, 1.82) is 0 Å². The highest BCUT2D eigenvalue weighted by Crippen LogP contribution is 2.24. The van der Waals surface area contributed by atoms with Crippen LogP contribution in [0.5, 0.6) is 5.75 Å². The van der Waals surface area contributed by atoms with Crippen LogP contribution in [0.1, 0.15) is 37.2 Å². The Morgan fingerprint density at radius 3 is 2.86 bits per heavy atom. The summed E-state index contributed by atoms with van der Waals surface area (Å²) in [7, 11) is 1.61. The van der Waals surface area contributed by atoms with Crippen LogP contribution in [-0.4, -0.2) is 63.8 Å². The number of methoxy groups -OCH3 is 1. The molecule has 0 bridgehead atoms. The number of rotatable bonds is 7. The molecule has 29 heavy (non-hydrogen) atoms. The maximum absolute atomic E-state index is 13.5. The monoisotopic (exact) mass is 401 g/mol. The van der Waals surface area contributed by atoms with Crippen LogP contribution in [0.2, 0.25) is 0 Å². The quantitative estimate of drug-likeness (QED) is 0.649. The fourth-order valence-corrected chi connectivity index (χ4v) is 3.67. The van der Waals surface area contributed by atoms with Crippen molar-refractivity contribution in [3.05, 3.63) is 35.7 Å². The summed E-state index contributed by atoms with van der Waals surface area (Å²) in [6.07, 6.45) is 1.91. The van der Waals surface area contributed by atoms with Crippen LogP contribution in [0, 0.1) is 12.8 Å². The number of nitrogens with zero attached hydrogens (tertiary/aromatic N) is 5. The fourth-order valence-electron chi connectivity index (χ4n) is 3.67. The van der Waals surface area contributed by atoms with Crippen molar-refractivity contribution in [3.8, 4) is 5.75 Å². The van der Waals surface area contributed by atoms with Gasteiger partial charge in [0.1, 0.15) is 17.6 Å². The van der Waals surface area contributed by atoms with E-state index in [1.807, 2.05) is 24.3 Å². The molecule has 9 nitrogen and oxygen atoms in total. The van der Waals surface area contributed by atoms with Crippen molar-refractivity contribution in [1.82, 2.24) is 25.1 Å². The molecule has 1 aliphatic rings. The molecule has 0 N–H and O–H groups in total. The lowest BCUT2D eigenvalue weighted by Gasteiger charge is -2.34. The molecule has 0 spiro atoms. The molecule has 1 aliphatic heterocycles. The molecular formula is C20H27N5O4. The normalized spacial score (nSPS) is 17.6. The van der Waals surface area contributed by atoms with E-state index in [0.717, 1.165) is 24.2 Å². The predicted octanol–water partition coefficient (Wildman–Crippen LogP) is 1.58. The van der Waals surface area contributed by atoms with E-state index in [1.165, 1.54) is 0 Å². The molecule has 0 aliphatic carbocycles. The molecule has 9 heteroatoms. The van der Waals surface area contributed by atoms with E-state index in [0.29, 0.717) is 31.9 Å². The first-order chi connectivity index (χ1) is 14.0. The van der Waals surface area contributed by atoms with Crippen LogP contribution < -0.4 is 4.74 Å². The predicted molar refractivity (Wildman–Crippen MR) is 104 cm³/mol. The molecular weight excluding hydrogens is 374 g/mol. The number of carbonyl (C=O) groups is 2. The molecule has 156 valence electrons. The second-order valence-corrected chi connectivity index (χ2v) is 7.12. The fraction of sp³-hybridized carbons (Fsp3) is 0.550. The maximum atomic E-state index is 13.5. The van der Waals surface area contributed by atoms with Gasteiger partial charge in [0.2, 0.25) is 5.91 Å². The van der Waals surface area contributed by atoms with Crippen molar-refractivity contribution >= 4 is 11.9 Å². The first-order valence-corrected chi connectivity index (χ1v) is 9.86. The highest BCUT2D eigenvalue weighted by Gasteiger charge is 2.34. The summed E-state index contributed by atoms with van der Waals surface area (Å²) in [6, 6.07) is 6.99. The first-order valence-electron chi connectivity index (χ1n) is 9.86. The Bertz CT molecular complexity index is 853. The van der Waals surface area contributed by atoms with E-state index in [1.54, 1.807) is 30.5 Å². The van der Waals surface area contributed by atoms with Crippen LogP contribution in [0.4, 0.5) is 0 Å². The molecule has 0 radical (unpaired) electrons. The maximum Gasteiger partial charge on any atom is 0.310 e. The number of aromatic nitrogens is 4. The van der Waals surface area contributed by atoms with Crippen LogP contribution in [-0.2, 0) is 20.7 Å². The molecule has 1 aromatic heterocycles. The summed E-state index contributed by atoms with van der Waals surface area (Å²) in [5, 5.41) is 11.7. The van der Waals surface area contributed by atoms with E-state index in [4.69, 9.17) is 9.47 Å². The molecule has 2 heterocycles. The van der Waals surface area contributed by atoms with Gasteiger partial charge in [-0.15, -0.1) is 5.10 Å². The Morgan fingerprint density at radius 1 is 1.34 bits per heavy atom. The Kier molecular flexibility index (Phi) is 6.79. The Hall–Kier alpha value is -2.97. The number of ether oxygens (including phenoxy) is 2. The third-order valence-electron chi connectivity index (χ3n) is 5.15. The lowest BCUT2D eigenvalue weighted by molar-refractivity contribution is -0.151. The van der Waals surface area contributed by atoms with Gasteiger partial charge in [0.15, 0.2) is 0 Å². The van der Waals surface area contributed by atoms with Gasteiger partial charge in [-0.05, 0) is 54.8 Å². The number of carbonyl (C=O) groups excluding carboxylic acids is 2. The molecule has 0 saturated carbocycles. The summed E-state index contributed by atoms with van der Waals surface area (Å²) < 4.78 is 12.0. The van der Waals surface area contributed by atoms with E-state index < -0.39 is 6.04 Å². The number of benzene rings is 1. The van der Waals surface area contributed by atoms with Gasteiger partial charge in [-0.25, -0.2) is 4.68 Å². The van der Waals surface area contributed by atoms with E-state index in [9.17, 15) is 9.59 Å². The highest BCUT2D eigenvalue weighted by atomic mass is 16.5. The highest BCUT2D eigenvalue weighted by molar-refractivity contribution is 5.82. The van der Waals surface area contributed by atoms with Crippen LogP contribution in [0.3, 0.4) is 0 Å². The zero-order valence-corrected chi connectivity index (χ0v) is 17.1. The van der Waals surface area contributed by atoms with Gasteiger partial charge >= 0.3 is 5.97 Å². The summed E-state index contributed by atoms with van der Waals surface area (Å²) in [5.41, 5.74) is 0.941. The third kappa shape index (κ3) is 4.90. The minimum absolute atomic E-state index is 0.0998. The lowest BCUT2D eigenvalue weighted by atomic mass is 9.96. The van der Waals surface area contributed by atoms with E-state index >= 15 is 0 Å². The Labute approximate surface area is 170 Å². The standard InChI is InChI=1S/C20H27N5O4/c1-4-29-20(27)16-8-6-10-24(13-16)19(26)18(25-14(2)21-22-23-25)12-15-7-5-9-17(11-15)28-3/h5,7,9,11,16,18H,4,6,8,10,12-13H2,1-3H3/t16-,18+/m1/s1. The Balaban J connectivity index is 1.83. The molecule has 1 saturated heterocycles. The minimum Gasteiger partial charge on any atom is -0.497 e. The van der Waals surface area contributed by atoms with Crippen LogP contribution in [0.15, 0.2) is 24.3 Å². The summed E-state index contributed by atoms with van der Waals surface area (Å²) in [6.45, 7) is 4.85. The number of aryl methyl sites for hydroxylation is 1. The van der Waals surface area contributed by atoms with Gasteiger partial charge in [-0.2, -0.15) is 0 Å². The second kappa shape index (κ2) is 9.49. The van der Waals surface area contributed by atoms with Gasteiger partial charge in [0, 0.05) is 19.5 Å². The van der Waals surface area contributed by atoms with Crippen molar-refractivity contribution in [3.63, 3.8) is 0 Å². The van der Waals surface area contributed by atoms with Gasteiger partial charge in [-0.3, -0.25) is 9.59 Å². The third-order valence-corrected chi connectivity index (χ3v) is 5.15. The van der Waals surface area contributed by atoms with Crippen LogP contribution in [0.25, 0.3) is 0 Å². The van der Waals surface area contributed by atoms with Gasteiger partial charge in [-0.1, -0.05) is 12.1 Å². The Morgan fingerprint density at radius 2 is 2.17 bits per heavy atom. The van der Waals surface area contributed by atoms with Gasteiger partial charge < -0.3 is 14.4 Å². The van der Waals surface area contributed by atoms with Crippen molar-refractivity contribution in [2.24, 2.45) is 5.92 Å². The molecule has 3 rings (SSSR count). The zero-order chi connectivity index (χ0) is 20.8. The topological polar surface area (TPSA) is 99.4 Å². The van der Waals surface area contributed by atoms with Crippen LogP contribution >= 0.6 is 0 Å². The minimum atomic E-state index is -0.599. The molecule has 1 aromatic carbocycles. The largest absolute Gasteiger partial charge is 0.497 e. The second-order valence-electron chi connectivity index (χ2n) is 7.12. The van der Waals surface area contributed by atoms with Crippen molar-refractivity contribution < 1.29 is 19.1 Å². The van der Waals surface area contributed by atoms with E-state index in [-0.39, 0.29) is 17.8 Å². The smallest absolute Gasteiger partial charge is 0.310 e. The summed E-state index contributed by atoms with van der Waals surface area (Å²) in [5.74, 6) is 0.651. The zero-order valence-electron chi connectivity index (χ0n) is 17.1. The average molecular weight is 401 g/mol. The van der Waals surface area contributed by atoms with Gasteiger partial charge in [0.05, 0.1) is 19.6 Å². The molecule has 1 amide bonds. The summed E-state index contributed by atoms with van der Waals surface area (Å²) in [4.78, 5) is 27.4. The first kappa shape index (κ1) is 20.8. The number of esters is 1. The lowest BCUT2D eigenvalue weighted by Crippen LogP contribution is -2.46.